The van der Waals surface area contributed by atoms with E-state index in [0.29, 0.717) is 24.4 Å². The molecule has 2 aromatic carbocycles. The normalized spacial score (nSPS) is 18.9. The van der Waals surface area contributed by atoms with E-state index in [9.17, 15) is 44.3 Å². The number of carbonyl (C=O) groups excluding carboxylic acids is 1. The zero-order chi connectivity index (χ0) is 27.1. The number of nitrogens with zero attached hydrogens (tertiary/aromatic N) is 1. The third kappa shape index (κ3) is 6.26. The maximum Gasteiger partial charge on any atom is 0.573 e. The van der Waals surface area contributed by atoms with Gasteiger partial charge in [0.1, 0.15) is 11.9 Å². The number of benzene rings is 2. The van der Waals surface area contributed by atoms with Gasteiger partial charge in [-0.3, -0.25) is 4.90 Å². The number of hydrogen-bond acceptors (Lipinski definition) is 4. The van der Waals surface area contributed by atoms with Gasteiger partial charge in [-0.05, 0) is 61.4 Å². The van der Waals surface area contributed by atoms with Gasteiger partial charge in [-0.2, -0.15) is 26.3 Å². The molecule has 0 aromatic heterocycles. The molecule has 0 saturated carbocycles. The van der Waals surface area contributed by atoms with Gasteiger partial charge in [0.05, 0.1) is 23.7 Å². The van der Waals surface area contributed by atoms with E-state index in [1.165, 1.54) is 13.0 Å². The molecule has 0 bridgehead atoms. The monoisotopic (exact) mass is 530 g/mol. The molecule has 1 saturated heterocycles. The number of rotatable bonds is 6. The van der Waals surface area contributed by atoms with Gasteiger partial charge in [-0.25, -0.2) is 4.79 Å². The van der Waals surface area contributed by atoms with E-state index in [2.05, 4.69) is 10.1 Å². The number of anilines is 1. The summed E-state index contributed by atoms with van der Waals surface area (Å²) in [5.74, 6) is -0.580. The molecule has 14 heteroatoms. The van der Waals surface area contributed by atoms with Crippen molar-refractivity contribution in [3.05, 3.63) is 58.7 Å². The van der Waals surface area contributed by atoms with Gasteiger partial charge in [-0.15, -0.1) is 13.2 Å². The number of hydrogen-bond donors (Lipinski definition) is 1. The highest BCUT2D eigenvalue weighted by molar-refractivity contribution is 5.72. The van der Waals surface area contributed by atoms with Gasteiger partial charge in [0.15, 0.2) is 0 Å². The summed E-state index contributed by atoms with van der Waals surface area (Å²) >= 11 is 0. The summed E-state index contributed by atoms with van der Waals surface area (Å²) in [6.45, 7) is 3.04. The van der Waals surface area contributed by atoms with Crippen molar-refractivity contribution in [1.29, 1.82) is 0 Å². The molecular weight excluding hydrogens is 511 g/mol. The molecule has 3 rings (SSSR count). The Hall–Kier alpha value is -3.32. The molecule has 1 amide bonds. The summed E-state index contributed by atoms with van der Waals surface area (Å²) in [5, 5.41) is 2.90. The number of ether oxygens (including phenoxy) is 2. The average molecular weight is 530 g/mol. The summed E-state index contributed by atoms with van der Waals surface area (Å²) in [6.07, 6.45) is -17.7. The Morgan fingerprint density at radius 2 is 1.53 bits per heavy atom. The van der Waals surface area contributed by atoms with E-state index in [0.717, 1.165) is 17.0 Å². The number of cyclic esters (lactones) is 1. The topological polar surface area (TPSA) is 50.8 Å². The number of carbonyl (C=O) groups is 1. The van der Waals surface area contributed by atoms with Gasteiger partial charge in [0.2, 0.25) is 0 Å². The molecule has 1 aliphatic heterocycles. The van der Waals surface area contributed by atoms with Crippen LogP contribution in [0.5, 0.6) is 5.75 Å². The maximum absolute atomic E-state index is 13.2. The van der Waals surface area contributed by atoms with E-state index >= 15 is 0 Å². The van der Waals surface area contributed by atoms with E-state index in [4.69, 9.17) is 4.74 Å². The van der Waals surface area contributed by atoms with Crippen molar-refractivity contribution in [1.82, 2.24) is 4.90 Å². The van der Waals surface area contributed by atoms with Crippen LogP contribution in [0.25, 0.3) is 0 Å². The van der Waals surface area contributed by atoms with Gasteiger partial charge >= 0.3 is 24.8 Å². The predicted molar refractivity (Wildman–Crippen MR) is 108 cm³/mol. The fraction of sp³-hybridized carbons (Fsp3) is 0.409. The fourth-order valence-electron chi connectivity index (χ4n) is 3.75. The lowest BCUT2D eigenvalue weighted by molar-refractivity contribution is -0.274. The van der Waals surface area contributed by atoms with Crippen molar-refractivity contribution in [2.45, 2.75) is 51.3 Å². The molecular formula is C22H19F9N2O3. The van der Waals surface area contributed by atoms with Crippen LogP contribution in [0.4, 0.5) is 50.0 Å². The first-order valence-electron chi connectivity index (χ1n) is 10.4. The third-order valence-corrected chi connectivity index (χ3v) is 5.35. The average Bonchev–Trinajstić information content (AvgIpc) is 3.01. The molecule has 1 N–H and O–H groups in total. The molecule has 2 unspecified atom stereocenters. The lowest BCUT2D eigenvalue weighted by Crippen LogP contribution is -2.32. The molecule has 36 heavy (non-hydrogen) atoms. The molecule has 1 fully saturated rings. The van der Waals surface area contributed by atoms with Crippen molar-refractivity contribution in [3.8, 4) is 5.75 Å². The smallest absolute Gasteiger partial charge is 0.439 e. The number of nitrogens with one attached hydrogen (secondary N) is 1. The van der Waals surface area contributed by atoms with Crippen LogP contribution < -0.4 is 10.1 Å². The molecule has 1 heterocycles. The van der Waals surface area contributed by atoms with Crippen LogP contribution in [-0.2, 0) is 23.6 Å². The quantitative estimate of drug-likeness (QED) is 0.404. The van der Waals surface area contributed by atoms with Gasteiger partial charge in [0, 0.05) is 12.2 Å². The first-order chi connectivity index (χ1) is 16.5. The Labute approximate surface area is 198 Å². The number of halogens is 9. The van der Waals surface area contributed by atoms with Crippen LogP contribution in [0.2, 0.25) is 0 Å². The third-order valence-electron chi connectivity index (χ3n) is 5.35. The Morgan fingerprint density at radius 3 is 2.03 bits per heavy atom. The molecule has 198 valence electrons. The van der Waals surface area contributed by atoms with E-state index in [1.54, 1.807) is 6.92 Å². The van der Waals surface area contributed by atoms with Crippen molar-refractivity contribution in [2.24, 2.45) is 0 Å². The molecule has 2 atom stereocenters. The Kier molecular flexibility index (Phi) is 7.29. The lowest BCUT2D eigenvalue weighted by atomic mass is 9.97. The molecule has 0 aliphatic carbocycles. The Morgan fingerprint density at radius 1 is 0.944 bits per heavy atom. The minimum atomic E-state index is -5.10. The van der Waals surface area contributed by atoms with Gasteiger partial charge in [0.25, 0.3) is 0 Å². The molecule has 0 radical (unpaired) electrons. The molecule has 2 aromatic rings. The van der Waals surface area contributed by atoms with Crippen molar-refractivity contribution in [2.75, 3.05) is 11.9 Å². The summed E-state index contributed by atoms with van der Waals surface area (Å²) in [5.41, 5.74) is -3.17. The standard InChI is InChI=1S/C22H19F9N2O3/c1-3-32-17-5-4-16(36-22(29,30)31)8-13(17)10-33-11(2)18(35-19(33)34)12-6-14(20(23,24)25)9-15(7-12)21(26,27)28/h4-9,11,18,32H,3,10H2,1-2H3. The fourth-order valence-corrected chi connectivity index (χ4v) is 3.75. The first kappa shape index (κ1) is 27.3. The van der Waals surface area contributed by atoms with Gasteiger partial charge in [-0.1, -0.05) is 0 Å². The second kappa shape index (κ2) is 9.62. The number of amides is 1. The lowest BCUT2D eigenvalue weighted by Gasteiger charge is -2.24. The highest BCUT2D eigenvalue weighted by Crippen LogP contribution is 2.41. The van der Waals surface area contributed by atoms with Crippen LogP contribution in [0.15, 0.2) is 36.4 Å². The van der Waals surface area contributed by atoms with Crippen molar-refractivity contribution < 1.29 is 53.8 Å². The minimum Gasteiger partial charge on any atom is -0.439 e. The summed E-state index contributed by atoms with van der Waals surface area (Å²) in [4.78, 5) is 13.5. The van der Waals surface area contributed by atoms with Crippen LogP contribution in [0.1, 0.15) is 42.2 Å². The van der Waals surface area contributed by atoms with Crippen LogP contribution >= 0.6 is 0 Å². The Balaban J connectivity index is 1.96. The first-order valence-corrected chi connectivity index (χ1v) is 10.4. The maximum atomic E-state index is 13.2. The van der Waals surface area contributed by atoms with Crippen molar-refractivity contribution in [3.63, 3.8) is 0 Å². The number of alkyl halides is 9. The SMILES string of the molecule is CCNc1ccc(OC(F)(F)F)cc1CN1C(=O)OC(c2cc(C(F)(F)F)cc(C(F)(F)F)c2)C1C. The van der Waals surface area contributed by atoms with Crippen LogP contribution in [0, 0.1) is 0 Å². The Bertz CT molecular complexity index is 1080. The van der Waals surface area contributed by atoms with E-state index in [1.807, 2.05) is 0 Å². The predicted octanol–water partition coefficient (Wildman–Crippen LogP) is 7.14. The largest absolute Gasteiger partial charge is 0.573 e. The van der Waals surface area contributed by atoms with E-state index in [-0.39, 0.29) is 18.2 Å². The summed E-state index contributed by atoms with van der Waals surface area (Å²) in [7, 11) is 0. The highest BCUT2D eigenvalue weighted by atomic mass is 19.4. The molecule has 0 spiro atoms. The van der Waals surface area contributed by atoms with Gasteiger partial charge < -0.3 is 14.8 Å². The highest BCUT2D eigenvalue weighted by Gasteiger charge is 2.43. The zero-order valence-corrected chi connectivity index (χ0v) is 18.6. The van der Waals surface area contributed by atoms with E-state index < -0.39 is 59.4 Å². The minimum absolute atomic E-state index is 0.0441. The second-order valence-corrected chi connectivity index (χ2v) is 7.91. The summed E-state index contributed by atoms with van der Waals surface area (Å²) < 4.78 is 126. The second-order valence-electron chi connectivity index (χ2n) is 7.91. The molecule has 1 aliphatic rings. The zero-order valence-electron chi connectivity index (χ0n) is 18.6. The van der Waals surface area contributed by atoms with Crippen molar-refractivity contribution >= 4 is 11.8 Å². The van der Waals surface area contributed by atoms with Crippen LogP contribution in [-0.4, -0.2) is 29.9 Å². The molecule has 5 nitrogen and oxygen atoms in total. The summed E-state index contributed by atoms with van der Waals surface area (Å²) in [6, 6.07) is 3.17. The van der Waals surface area contributed by atoms with Crippen LogP contribution in [0.3, 0.4) is 0 Å².